The second kappa shape index (κ2) is 2.80. The normalized spacial score (nSPS) is 32.8. The highest BCUT2D eigenvalue weighted by atomic mass is 16.4. The SMILES string of the molecule is N#CC1(C(=O)O)C=CC(O)C=C1. The van der Waals surface area contributed by atoms with E-state index in [0.29, 0.717) is 0 Å². The van der Waals surface area contributed by atoms with Crippen LogP contribution in [0.3, 0.4) is 0 Å². The molecule has 0 aromatic heterocycles. The van der Waals surface area contributed by atoms with Gasteiger partial charge in [-0.2, -0.15) is 5.26 Å². The van der Waals surface area contributed by atoms with Crippen molar-refractivity contribution in [1.82, 2.24) is 0 Å². The summed E-state index contributed by atoms with van der Waals surface area (Å²) < 4.78 is 0. The third-order valence-corrected chi connectivity index (χ3v) is 1.65. The molecule has 0 radical (unpaired) electrons. The van der Waals surface area contributed by atoms with Crippen LogP contribution in [0, 0.1) is 16.7 Å². The molecule has 0 amide bonds. The molecule has 0 aromatic rings. The predicted octanol–water partition coefficient (Wildman–Crippen LogP) is 0.0679. The molecule has 4 nitrogen and oxygen atoms in total. The Morgan fingerprint density at radius 3 is 2.33 bits per heavy atom. The van der Waals surface area contributed by atoms with E-state index in [0.717, 1.165) is 0 Å². The topological polar surface area (TPSA) is 81.3 Å². The van der Waals surface area contributed by atoms with Crippen LogP contribution >= 0.6 is 0 Å². The van der Waals surface area contributed by atoms with Crippen LogP contribution in [0.5, 0.6) is 0 Å². The number of nitrogens with zero attached hydrogens (tertiary/aromatic N) is 1. The number of aliphatic hydroxyl groups excluding tert-OH is 1. The Kier molecular flexibility index (Phi) is 1.98. The Hall–Kier alpha value is -1.60. The Balaban J connectivity index is 3.01. The molecule has 0 aliphatic heterocycles. The molecule has 1 rings (SSSR count). The van der Waals surface area contributed by atoms with Crippen LogP contribution in [0.25, 0.3) is 0 Å². The minimum Gasteiger partial charge on any atom is -0.480 e. The molecule has 0 fully saturated rings. The standard InChI is InChI=1S/C8H7NO3/c9-5-8(7(11)12)3-1-6(10)2-4-8/h1-4,6,10H,(H,11,12). The minimum atomic E-state index is -1.60. The van der Waals surface area contributed by atoms with Crippen LogP contribution in [0.2, 0.25) is 0 Å². The van der Waals surface area contributed by atoms with Crippen LogP contribution in [-0.2, 0) is 4.79 Å². The first kappa shape index (κ1) is 8.50. The third kappa shape index (κ3) is 1.22. The molecule has 4 heteroatoms. The van der Waals surface area contributed by atoms with Gasteiger partial charge in [0.05, 0.1) is 12.2 Å². The molecule has 0 aromatic carbocycles. The maximum Gasteiger partial charge on any atom is 0.332 e. The van der Waals surface area contributed by atoms with Crippen molar-refractivity contribution < 1.29 is 15.0 Å². The zero-order valence-electron chi connectivity index (χ0n) is 6.14. The highest BCUT2D eigenvalue weighted by Gasteiger charge is 2.34. The van der Waals surface area contributed by atoms with E-state index in [-0.39, 0.29) is 0 Å². The summed E-state index contributed by atoms with van der Waals surface area (Å²) in [6.45, 7) is 0. The van der Waals surface area contributed by atoms with Gasteiger partial charge in [-0.15, -0.1) is 0 Å². The number of rotatable bonds is 1. The van der Waals surface area contributed by atoms with E-state index < -0.39 is 17.5 Å². The molecule has 0 spiro atoms. The summed E-state index contributed by atoms with van der Waals surface area (Å²) in [5, 5.41) is 26.2. The van der Waals surface area contributed by atoms with Crippen LogP contribution in [0.4, 0.5) is 0 Å². The van der Waals surface area contributed by atoms with Crippen molar-refractivity contribution in [3.63, 3.8) is 0 Å². The van der Waals surface area contributed by atoms with Crippen LogP contribution in [-0.4, -0.2) is 22.3 Å². The van der Waals surface area contributed by atoms with E-state index in [1.165, 1.54) is 24.3 Å². The minimum absolute atomic E-state index is 0.786. The van der Waals surface area contributed by atoms with Gasteiger partial charge in [-0.3, -0.25) is 0 Å². The molecule has 0 heterocycles. The largest absolute Gasteiger partial charge is 0.480 e. The highest BCUT2D eigenvalue weighted by Crippen LogP contribution is 2.24. The van der Waals surface area contributed by atoms with Crippen molar-refractivity contribution in [2.75, 3.05) is 0 Å². The molecule has 1 aliphatic carbocycles. The fourth-order valence-corrected chi connectivity index (χ4v) is 0.885. The van der Waals surface area contributed by atoms with Crippen molar-refractivity contribution in [1.29, 1.82) is 5.26 Å². The number of carboxylic acid groups (broad SMARTS) is 1. The summed E-state index contributed by atoms with van der Waals surface area (Å²) in [5.41, 5.74) is -1.60. The first-order valence-electron chi connectivity index (χ1n) is 3.32. The molecule has 0 unspecified atom stereocenters. The Bertz CT molecular complexity index is 284. The van der Waals surface area contributed by atoms with Gasteiger partial charge in [-0.1, -0.05) is 24.3 Å². The summed E-state index contributed by atoms with van der Waals surface area (Å²) in [7, 11) is 0. The van der Waals surface area contributed by atoms with Gasteiger partial charge in [0.15, 0.2) is 5.41 Å². The number of hydrogen-bond donors (Lipinski definition) is 2. The molecule has 0 saturated heterocycles. The second-order valence-electron chi connectivity index (χ2n) is 2.49. The number of carbonyl (C=O) groups is 1. The number of hydrogen-bond acceptors (Lipinski definition) is 3. The third-order valence-electron chi connectivity index (χ3n) is 1.65. The monoisotopic (exact) mass is 165 g/mol. The second-order valence-corrected chi connectivity index (χ2v) is 2.49. The first-order chi connectivity index (χ1) is 5.60. The lowest BCUT2D eigenvalue weighted by Crippen LogP contribution is -2.27. The summed E-state index contributed by atoms with van der Waals surface area (Å²) >= 11 is 0. The lowest BCUT2D eigenvalue weighted by atomic mass is 9.85. The number of nitriles is 1. The molecule has 62 valence electrons. The van der Waals surface area contributed by atoms with Crippen molar-refractivity contribution in [2.45, 2.75) is 6.10 Å². The maximum absolute atomic E-state index is 10.6. The average Bonchev–Trinajstić information content (AvgIpc) is 2.06. The van der Waals surface area contributed by atoms with Gasteiger partial charge in [-0.05, 0) is 0 Å². The van der Waals surface area contributed by atoms with E-state index >= 15 is 0 Å². The Morgan fingerprint density at radius 2 is 2.00 bits per heavy atom. The van der Waals surface area contributed by atoms with Crippen molar-refractivity contribution in [2.24, 2.45) is 5.41 Å². The van der Waals surface area contributed by atoms with E-state index in [4.69, 9.17) is 15.5 Å². The molecular weight excluding hydrogens is 158 g/mol. The van der Waals surface area contributed by atoms with Crippen molar-refractivity contribution in [3.8, 4) is 6.07 Å². The zero-order valence-corrected chi connectivity index (χ0v) is 6.14. The average molecular weight is 165 g/mol. The van der Waals surface area contributed by atoms with Gasteiger partial charge in [0.2, 0.25) is 0 Å². The quantitative estimate of drug-likeness (QED) is 0.538. The van der Waals surface area contributed by atoms with Crippen molar-refractivity contribution >= 4 is 5.97 Å². The Labute approximate surface area is 69.1 Å². The number of aliphatic carboxylic acids is 1. The van der Waals surface area contributed by atoms with Crippen LogP contribution < -0.4 is 0 Å². The summed E-state index contributed by atoms with van der Waals surface area (Å²) in [5.74, 6) is -1.23. The molecule has 2 N–H and O–H groups in total. The van der Waals surface area contributed by atoms with Gasteiger partial charge in [0, 0.05) is 0 Å². The van der Waals surface area contributed by atoms with Crippen LogP contribution in [0.15, 0.2) is 24.3 Å². The van der Waals surface area contributed by atoms with Crippen LogP contribution in [0.1, 0.15) is 0 Å². The summed E-state index contributed by atoms with van der Waals surface area (Å²) in [4.78, 5) is 10.6. The number of aliphatic hydroxyl groups is 1. The van der Waals surface area contributed by atoms with Crippen molar-refractivity contribution in [3.05, 3.63) is 24.3 Å². The van der Waals surface area contributed by atoms with E-state index in [2.05, 4.69) is 0 Å². The number of carboxylic acids is 1. The fraction of sp³-hybridized carbons (Fsp3) is 0.250. The smallest absolute Gasteiger partial charge is 0.332 e. The van der Waals surface area contributed by atoms with Gasteiger partial charge < -0.3 is 10.2 Å². The lowest BCUT2D eigenvalue weighted by Gasteiger charge is -2.16. The predicted molar refractivity (Wildman–Crippen MR) is 40.0 cm³/mol. The molecule has 12 heavy (non-hydrogen) atoms. The fourth-order valence-electron chi connectivity index (χ4n) is 0.885. The van der Waals surface area contributed by atoms with Gasteiger partial charge >= 0.3 is 5.97 Å². The van der Waals surface area contributed by atoms with Gasteiger partial charge in [0.1, 0.15) is 0 Å². The van der Waals surface area contributed by atoms with E-state index in [9.17, 15) is 4.79 Å². The highest BCUT2D eigenvalue weighted by molar-refractivity contribution is 5.83. The molecule has 0 atom stereocenters. The molecule has 0 saturated carbocycles. The first-order valence-corrected chi connectivity index (χ1v) is 3.32. The molecule has 0 bridgehead atoms. The van der Waals surface area contributed by atoms with E-state index in [1.807, 2.05) is 0 Å². The Morgan fingerprint density at radius 1 is 1.50 bits per heavy atom. The van der Waals surface area contributed by atoms with E-state index in [1.54, 1.807) is 6.07 Å². The summed E-state index contributed by atoms with van der Waals surface area (Å²) in [6, 6.07) is 1.65. The van der Waals surface area contributed by atoms with Gasteiger partial charge in [-0.25, -0.2) is 4.79 Å². The molecule has 1 aliphatic rings. The summed E-state index contributed by atoms with van der Waals surface area (Å²) in [6.07, 6.45) is 4.13. The maximum atomic E-state index is 10.6. The lowest BCUT2D eigenvalue weighted by molar-refractivity contribution is -0.141. The molecular formula is C8H7NO3. The zero-order chi connectivity index (χ0) is 9.19. The van der Waals surface area contributed by atoms with Gasteiger partial charge in [0.25, 0.3) is 0 Å².